The van der Waals surface area contributed by atoms with Gasteiger partial charge >= 0.3 is 6.03 Å². The largest absolute Gasteiger partial charge is 0.338 e. The van der Waals surface area contributed by atoms with Gasteiger partial charge in [-0.1, -0.05) is 30.3 Å². The summed E-state index contributed by atoms with van der Waals surface area (Å²) in [6.45, 7) is 3.10. The van der Waals surface area contributed by atoms with Gasteiger partial charge in [-0.25, -0.2) is 9.78 Å². The Morgan fingerprint density at radius 3 is 2.92 bits per heavy atom. The van der Waals surface area contributed by atoms with E-state index in [1.54, 1.807) is 0 Å². The lowest BCUT2D eigenvalue weighted by Crippen LogP contribution is -2.39. The molecule has 2 amide bonds. The summed E-state index contributed by atoms with van der Waals surface area (Å²) in [5.41, 5.74) is 5.60. The highest BCUT2D eigenvalue weighted by atomic mass is 16.2. The standard InChI is InChI=1S/C19H20N4O/c1-13-17(23-9-5-4-8-18(23)22-13)12-21-19(24)20-11-15-10-14-6-2-3-7-16(14)15/h2-9,15H,10-12H2,1H3,(H2,20,21,24). The molecule has 2 N–H and O–H groups in total. The molecule has 122 valence electrons. The van der Waals surface area contributed by atoms with Crippen molar-refractivity contribution in [3.63, 3.8) is 0 Å². The van der Waals surface area contributed by atoms with Crippen LogP contribution in [0, 0.1) is 6.92 Å². The Morgan fingerprint density at radius 1 is 1.21 bits per heavy atom. The van der Waals surface area contributed by atoms with Gasteiger partial charge in [0.15, 0.2) is 0 Å². The van der Waals surface area contributed by atoms with Gasteiger partial charge in [-0.2, -0.15) is 0 Å². The third-order valence-corrected chi connectivity index (χ3v) is 4.72. The average molecular weight is 320 g/mol. The van der Waals surface area contributed by atoms with Crippen molar-refractivity contribution >= 4 is 11.7 Å². The number of aromatic nitrogens is 2. The fourth-order valence-corrected chi connectivity index (χ4v) is 3.36. The number of benzene rings is 1. The van der Waals surface area contributed by atoms with E-state index in [-0.39, 0.29) is 6.03 Å². The van der Waals surface area contributed by atoms with Gasteiger partial charge in [0, 0.05) is 18.7 Å². The number of rotatable bonds is 4. The smallest absolute Gasteiger partial charge is 0.315 e. The number of aryl methyl sites for hydroxylation is 1. The van der Waals surface area contributed by atoms with E-state index in [0.717, 1.165) is 23.5 Å². The first kappa shape index (κ1) is 14.8. The Bertz CT molecular complexity index is 899. The molecule has 1 aliphatic carbocycles. The van der Waals surface area contributed by atoms with Crippen LogP contribution in [0.3, 0.4) is 0 Å². The zero-order valence-electron chi connectivity index (χ0n) is 13.6. The maximum atomic E-state index is 12.1. The SMILES string of the molecule is Cc1nc2ccccn2c1CNC(=O)NCC1Cc2ccccc21. The predicted octanol–water partition coefficient (Wildman–Crippen LogP) is 2.78. The molecule has 5 nitrogen and oxygen atoms in total. The zero-order valence-corrected chi connectivity index (χ0v) is 13.6. The Kier molecular flexibility index (Phi) is 3.69. The molecular formula is C19H20N4O. The van der Waals surface area contributed by atoms with Crippen molar-refractivity contribution in [3.05, 3.63) is 71.2 Å². The minimum atomic E-state index is -0.135. The second-order valence-corrected chi connectivity index (χ2v) is 6.24. The lowest BCUT2D eigenvalue weighted by atomic mass is 9.78. The molecular weight excluding hydrogens is 300 g/mol. The zero-order chi connectivity index (χ0) is 16.5. The van der Waals surface area contributed by atoms with E-state index < -0.39 is 0 Å². The minimum Gasteiger partial charge on any atom is -0.338 e. The molecule has 1 atom stereocenters. The van der Waals surface area contributed by atoms with Gasteiger partial charge in [-0.3, -0.25) is 0 Å². The number of imidazole rings is 1. The van der Waals surface area contributed by atoms with Crippen molar-refractivity contribution in [1.82, 2.24) is 20.0 Å². The van der Waals surface area contributed by atoms with Gasteiger partial charge in [0.05, 0.1) is 17.9 Å². The number of nitrogens with one attached hydrogen (secondary N) is 2. The van der Waals surface area contributed by atoms with Crippen LogP contribution in [0.25, 0.3) is 5.65 Å². The molecule has 1 aromatic carbocycles. The van der Waals surface area contributed by atoms with Crippen LogP contribution in [0.15, 0.2) is 48.7 Å². The van der Waals surface area contributed by atoms with Crippen LogP contribution in [0.2, 0.25) is 0 Å². The van der Waals surface area contributed by atoms with E-state index in [9.17, 15) is 4.79 Å². The molecule has 0 spiro atoms. The summed E-state index contributed by atoms with van der Waals surface area (Å²) < 4.78 is 2.01. The van der Waals surface area contributed by atoms with Gasteiger partial charge in [-0.15, -0.1) is 0 Å². The van der Waals surface area contributed by atoms with Crippen LogP contribution >= 0.6 is 0 Å². The van der Waals surface area contributed by atoms with Gasteiger partial charge in [-0.05, 0) is 36.6 Å². The Hall–Kier alpha value is -2.82. The molecule has 0 saturated heterocycles. The molecule has 1 aliphatic rings. The molecule has 5 heteroatoms. The molecule has 1 unspecified atom stereocenters. The van der Waals surface area contributed by atoms with Crippen molar-refractivity contribution in [2.45, 2.75) is 25.8 Å². The number of urea groups is 1. The number of amides is 2. The molecule has 3 aromatic rings. The van der Waals surface area contributed by atoms with Crippen molar-refractivity contribution < 1.29 is 4.79 Å². The highest BCUT2D eigenvalue weighted by molar-refractivity contribution is 5.74. The number of carbonyl (C=O) groups excluding carboxylic acids is 1. The van der Waals surface area contributed by atoms with Gasteiger partial charge in [0.2, 0.25) is 0 Å². The molecule has 4 rings (SSSR count). The van der Waals surface area contributed by atoms with E-state index in [1.807, 2.05) is 35.7 Å². The number of pyridine rings is 1. The highest BCUT2D eigenvalue weighted by Crippen LogP contribution is 2.33. The molecule has 2 heterocycles. The molecule has 0 fully saturated rings. The minimum absolute atomic E-state index is 0.135. The summed E-state index contributed by atoms with van der Waals surface area (Å²) in [4.78, 5) is 16.6. The number of fused-ring (bicyclic) bond motifs is 2. The first-order valence-electron chi connectivity index (χ1n) is 8.24. The quantitative estimate of drug-likeness (QED) is 0.776. The average Bonchev–Trinajstić information content (AvgIpc) is 2.89. The van der Waals surface area contributed by atoms with E-state index in [4.69, 9.17) is 0 Å². The summed E-state index contributed by atoms with van der Waals surface area (Å²) in [5.74, 6) is 0.435. The first-order chi connectivity index (χ1) is 11.7. The van der Waals surface area contributed by atoms with E-state index in [0.29, 0.717) is 19.0 Å². The van der Waals surface area contributed by atoms with Crippen LogP contribution in [0.5, 0.6) is 0 Å². The molecule has 0 saturated carbocycles. The normalized spacial score (nSPS) is 15.6. The monoisotopic (exact) mass is 320 g/mol. The Balaban J connectivity index is 1.33. The molecule has 2 aromatic heterocycles. The van der Waals surface area contributed by atoms with E-state index >= 15 is 0 Å². The lowest BCUT2D eigenvalue weighted by Gasteiger charge is -2.30. The fourth-order valence-electron chi connectivity index (χ4n) is 3.36. The maximum Gasteiger partial charge on any atom is 0.315 e. The maximum absolute atomic E-state index is 12.1. The Morgan fingerprint density at radius 2 is 2.04 bits per heavy atom. The second-order valence-electron chi connectivity index (χ2n) is 6.24. The number of hydrogen-bond acceptors (Lipinski definition) is 2. The van der Waals surface area contributed by atoms with E-state index in [2.05, 4.69) is 39.9 Å². The summed E-state index contributed by atoms with van der Waals surface area (Å²) >= 11 is 0. The lowest BCUT2D eigenvalue weighted by molar-refractivity contribution is 0.239. The number of nitrogens with zero attached hydrogens (tertiary/aromatic N) is 2. The molecule has 0 aliphatic heterocycles. The molecule has 0 radical (unpaired) electrons. The molecule has 0 bridgehead atoms. The summed E-state index contributed by atoms with van der Waals surface area (Å²) in [7, 11) is 0. The molecule has 24 heavy (non-hydrogen) atoms. The van der Waals surface area contributed by atoms with Gasteiger partial charge in [0.1, 0.15) is 5.65 Å². The van der Waals surface area contributed by atoms with Gasteiger partial charge in [0.25, 0.3) is 0 Å². The van der Waals surface area contributed by atoms with Crippen LogP contribution in [-0.4, -0.2) is 22.0 Å². The second kappa shape index (κ2) is 6.00. The van der Waals surface area contributed by atoms with E-state index in [1.165, 1.54) is 11.1 Å². The Labute approximate surface area is 140 Å². The van der Waals surface area contributed by atoms with Crippen LogP contribution < -0.4 is 10.6 Å². The van der Waals surface area contributed by atoms with Crippen molar-refractivity contribution in [3.8, 4) is 0 Å². The fraction of sp³-hybridized carbons (Fsp3) is 0.263. The summed E-state index contributed by atoms with van der Waals surface area (Å²) in [6.07, 6.45) is 3.01. The van der Waals surface area contributed by atoms with Crippen LogP contribution in [0.4, 0.5) is 4.79 Å². The van der Waals surface area contributed by atoms with Crippen molar-refractivity contribution in [2.24, 2.45) is 0 Å². The third-order valence-electron chi connectivity index (χ3n) is 4.72. The topological polar surface area (TPSA) is 58.4 Å². The third kappa shape index (κ3) is 2.62. The summed E-state index contributed by atoms with van der Waals surface area (Å²) in [6, 6.07) is 14.2. The van der Waals surface area contributed by atoms with Crippen LogP contribution in [0.1, 0.15) is 28.4 Å². The number of hydrogen-bond donors (Lipinski definition) is 2. The van der Waals surface area contributed by atoms with Crippen molar-refractivity contribution in [1.29, 1.82) is 0 Å². The first-order valence-corrected chi connectivity index (χ1v) is 8.24. The predicted molar refractivity (Wildman–Crippen MR) is 93.1 cm³/mol. The van der Waals surface area contributed by atoms with Crippen LogP contribution in [-0.2, 0) is 13.0 Å². The van der Waals surface area contributed by atoms with Gasteiger partial charge < -0.3 is 15.0 Å². The number of carbonyl (C=O) groups is 1. The van der Waals surface area contributed by atoms with Crippen molar-refractivity contribution in [2.75, 3.05) is 6.54 Å². The summed E-state index contributed by atoms with van der Waals surface area (Å²) in [5, 5.41) is 5.91. The highest BCUT2D eigenvalue weighted by Gasteiger charge is 2.25.